The average molecular weight is 477 g/mol. The first-order chi connectivity index (χ1) is 15.7. The molecule has 1 fully saturated rings. The molecular weight excluding hydrogens is 451 g/mol. The molecule has 2 heterocycles. The van der Waals surface area contributed by atoms with Crippen LogP contribution in [0.2, 0.25) is 0 Å². The number of amides is 2. The summed E-state index contributed by atoms with van der Waals surface area (Å²) in [5, 5.41) is 5.09. The number of carbonyl (C=O) groups is 2. The lowest BCUT2D eigenvalue weighted by Gasteiger charge is -2.42. The lowest BCUT2D eigenvalue weighted by molar-refractivity contribution is 0.0600. The highest BCUT2D eigenvalue weighted by molar-refractivity contribution is 8.24. The first-order valence-corrected chi connectivity index (χ1v) is 12.2. The second-order valence-electron chi connectivity index (χ2n) is 7.85. The van der Waals surface area contributed by atoms with E-state index >= 15 is 0 Å². The van der Waals surface area contributed by atoms with Gasteiger partial charge in [-0.3, -0.25) is 18.7 Å². The predicted molar refractivity (Wildman–Crippen MR) is 124 cm³/mol. The molecule has 33 heavy (non-hydrogen) atoms. The second-order valence-corrected chi connectivity index (χ2v) is 10.3. The van der Waals surface area contributed by atoms with Crippen LogP contribution in [0.15, 0.2) is 42.6 Å². The number of esters is 1. The monoisotopic (exact) mass is 476 g/mol. The van der Waals surface area contributed by atoms with Crippen molar-refractivity contribution in [2.45, 2.75) is 6.54 Å². The average Bonchev–Trinajstić information content (AvgIpc) is 3.18. The summed E-state index contributed by atoms with van der Waals surface area (Å²) in [6.07, 6.45) is 1.68. The number of nitrogens with zero attached hydrogens (tertiary/aromatic N) is 4. The van der Waals surface area contributed by atoms with Gasteiger partial charge >= 0.3 is 12.0 Å². The number of anilines is 1. The third kappa shape index (κ3) is 4.65. The summed E-state index contributed by atoms with van der Waals surface area (Å²) in [7, 11) is 0.296. The Balaban J connectivity index is 1.73. The van der Waals surface area contributed by atoms with Crippen molar-refractivity contribution < 1.29 is 27.8 Å². The van der Waals surface area contributed by atoms with Crippen molar-refractivity contribution in [3.8, 4) is 0 Å². The molecule has 1 aliphatic heterocycles. The molecule has 3 aromatic rings. The van der Waals surface area contributed by atoms with E-state index in [1.54, 1.807) is 30.1 Å². The van der Waals surface area contributed by atoms with Crippen molar-refractivity contribution in [1.29, 1.82) is 0 Å². The Morgan fingerprint density at radius 3 is 2.61 bits per heavy atom. The summed E-state index contributed by atoms with van der Waals surface area (Å²) in [6.45, 7) is 0.273. The van der Waals surface area contributed by atoms with E-state index in [0.29, 0.717) is 11.2 Å². The van der Waals surface area contributed by atoms with Gasteiger partial charge in [-0.2, -0.15) is 15.7 Å². The molecule has 1 saturated heterocycles. The number of halogens is 1. The van der Waals surface area contributed by atoms with Gasteiger partial charge in [0.15, 0.2) is 0 Å². The zero-order valence-electron chi connectivity index (χ0n) is 18.3. The van der Waals surface area contributed by atoms with E-state index < -0.39 is 22.4 Å². The van der Waals surface area contributed by atoms with Gasteiger partial charge in [0, 0.05) is 31.1 Å². The number of rotatable bonds is 4. The lowest BCUT2D eigenvalue weighted by atomic mass is 10.1. The van der Waals surface area contributed by atoms with E-state index in [1.807, 2.05) is 6.07 Å². The Morgan fingerprint density at radius 2 is 1.94 bits per heavy atom. The van der Waals surface area contributed by atoms with Gasteiger partial charge in [-0.1, -0.05) is 18.2 Å². The number of methoxy groups -OCH3 is 1. The van der Waals surface area contributed by atoms with Crippen LogP contribution in [0.1, 0.15) is 15.9 Å². The molecule has 4 rings (SSSR count). The van der Waals surface area contributed by atoms with E-state index in [1.165, 1.54) is 29.0 Å². The zero-order chi connectivity index (χ0) is 23.8. The van der Waals surface area contributed by atoms with Crippen LogP contribution in [-0.4, -0.2) is 67.5 Å². The fourth-order valence-corrected chi connectivity index (χ4v) is 5.09. The summed E-state index contributed by atoms with van der Waals surface area (Å²) in [6, 6.07) is 9.05. The van der Waals surface area contributed by atoms with Crippen LogP contribution in [-0.2, 0) is 18.3 Å². The Bertz CT molecular complexity index is 1200. The highest BCUT2D eigenvalue weighted by atomic mass is 32.3. The number of carbonyl (C=O) groups excluding carboxylic acids is 2. The Hall–Kier alpha value is -3.15. The van der Waals surface area contributed by atoms with Crippen LogP contribution in [0, 0.1) is 5.82 Å². The van der Waals surface area contributed by atoms with Crippen molar-refractivity contribution in [3.63, 3.8) is 0 Å². The molecule has 2 aromatic carbocycles. The number of hydrogen-bond donors (Lipinski definition) is 2. The SMILES string of the molecule is COC(=O)c1ccc(CN(C(=O)N2CCS(O)(O)CC2)c2cccc3cnn(C)c23)c(F)c1. The van der Waals surface area contributed by atoms with E-state index in [4.69, 9.17) is 0 Å². The van der Waals surface area contributed by atoms with Crippen LogP contribution in [0.5, 0.6) is 0 Å². The molecule has 1 aliphatic rings. The molecule has 0 saturated carbocycles. The molecule has 0 radical (unpaired) electrons. The van der Waals surface area contributed by atoms with Gasteiger partial charge in [-0.05, 0) is 18.2 Å². The van der Waals surface area contributed by atoms with Crippen LogP contribution in [0.3, 0.4) is 0 Å². The lowest BCUT2D eigenvalue weighted by Crippen LogP contribution is -2.49. The normalized spacial score (nSPS) is 16.5. The molecule has 0 unspecified atom stereocenters. The van der Waals surface area contributed by atoms with Crippen LogP contribution < -0.4 is 4.90 Å². The molecule has 2 N–H and O–H groups in total. The summed E-state index contributed by atoms with van der Waals surface area (Å²) >= 11 is 0. The number of para-hydroxylation sites is 1. The highest BCUT2D eigenvalue weighted by Crippen LogP contribution is 2.41. The molecule has 9 nitrogen and oxygen atoms in total. The highest BCUT2D eigenvalue weighted by Gasteiger charge is 2.31. The van der Waals surface area contributed by atoms with Crippen LogP contribution >= 0.6 is 10.6 Å². The van der Waals surface area contributed by atoms with E-state index in [2.05, 4.69) is 9.84 Å². The topological polar surface area (TPSA) is 108 Å². The van der Waals surface area contributed by atoms with Gasteiger partial charge in [0.05, 0.1) is 48.1 Å². The minimum atomic E-state index is -2.68. The van der Waals surface area contributed by atoms with E-state index in [0.717, 1.165) is 11.5 Å². The maximum Gasteiger partial charge on any atom is 0.337 e. The van der Waals surface area contributed by atoms with Gasteiger partial charge in [-0.15, -0.1) is 0 Å². The zero-order valence-corrected chi connectivity index (χ0v) is 19.1. The van der Waals surface area contributed by atoms with Gasteiger partial charge in [0.25, 0.3) is 0 Å². The maximum absolute atomic E-state index is 14.9. The minimum absolute atomic E-state index is 0.0756. The molecule has 0 bridgehead atoms. The third-order valence-electron chi connectivity index (χ3n) is 5.71. The van der Waals surface area contributed by atoms with E-state index in [-0.39, 0.29) is 48.3 Å². The second kappa shape index (κ2) is 9.00. The van der Waals surface area contributed by atoms with Gasteiger partial charge in [0.2, 0.25) is 0 Å². The first kappa shape index (κ1) is 23.0. The molecule has 2 amide bonds. The first-order valence-electron chi connectivity index (χ1n) is 10.3. The number of aryl methyl sites for hydroxylation is 1. The number of fused-ring (bicyclic) bond motifs is 1. The Morgan fingerprint density at radius 1 is 1.21 bits per heavy atom. The van der Waals surface area contributed by atoms with Crippen LogP contribution in [0.25, 0.3) is 10.9 Å². The van der Waals surface area contributed by atoms with Crippen molar-refractivity contribution in [1.82, 2.24) is 14.7 Å². The van der Waals surface area contributed by atoms with Gasteiger partial charge < -0.3 is 9.64 Å². The van der Waals surface area contributed by atoms with Crippen LogP contribution in [0.4, 0.5) is 14.9 Å². The van der Waals surface area contributed by atoms with E-state index in [9.17, 15) is 23.1 Å². The quantitative estimate of drug-likeness (QED) is 0.556. The standard InChI is InChI=1S/C22H25FN4O5S/c1-25-20-16(13-24-25)4-3-5-19(20)27(22(29)26-8-10-33(30,31)11-9-26)14-17-7-6-15(12-18(17)23)21(28)32-2/h3-7,12-13,30-31H,8-11,14H2,1-2H3. The molecule has 0 spiro atoms. The summed E-state index contributed by atoms with van der Waals surface area (Å²) in [5.74, 6) is -1.09. The van der Waals surface area contributed by atoms with Crippen molar-refractivity contribution in [2.24, 2.45) is 7.05 Å². The number of hydrogen-bond acceptors (Lipinski definition) is 6. The number of urea groups is 1. The van der Waals surface area contributed by atoms with Crippen molar-refractivity contribution >= 4 is 39.2 Å². The number of aromatic nitrogens is 2. The molecule has 0 aliphatic carbocycles. The fourth-order valence-electron chi connectivity index (χ4n) is 3.87. The molecule has 11 heteroatoms. The molecule has 0 atom stereocenters. The smallest absolute Gasteiger partial charge is 0.337 e. The number of benzene rings is 2. The van der Waals surface area contributed by atoms with Gasteiger partial charge in [0.1, 0.15) is 5.82 Å². The Kier molecular flexibility index (Phi) is 6.28. The minimum Gasteiger partial charge on any atom is -0.465 e. The molecular formula is C22H25FN4O5S. The Labute approximate surface area is 191 Å². The molecule has 1 aromatic heterocycles. The third-order valence-corrected chi connectivity index (χ3v) is 7.38. The fraction of sp³-hybridized carbons (Fsp3) is 0.318. The summed E-state index contributed by atoms with van der Waals surface area (Å²) in [5.41, 5.74) is 1.55. The summed E-state index contributed by atoms with van der Waals surface area (Å²) in [4.78, 5) is 28.3. The predicted octanol–water partition coefficient (Wildman–Crippen LogP) is 3.69. The van der Waals surface area contributed by atoms with Crippen molar-refractivity contribution in [3.05, 3.63) is 59.5 Å². The number of ether oxygens (including phenoxy) is 1. The largest absolute Gasteiger partial charge is 0.465 e. The maximum atomic E-state index is 14.9. The summed E-state index contributed by atoms with van der Waals surface area (Å²) < 4.78 is 41.1. The van der Waals surface area contributed by atoms with Crippen molar-refractivity contribution in [2.75, 3.05) is 36.6 Å². The van der Waals surface area contributed by atoms with Gasteiger partial charge in [-0.25, -0.2) is 14.0 Å². The molecule has 176 valence electrons.